The monoisotopic (exact) mass is 402 g/mol. The molecule has 0 bridgehead atoms. The number of fused-ring (bicyclic) bond motifs is 1. The van der Waals surface area contributed by atoms with Gasteiger partial charge in [-0.1, -0.05) is 6.07 Å². The Labute approximate surface area is 173 Å². The van der Waals surface area contributed by atoms with Gasteiger partial charge < -0.3 is 9.14 Å². The number of rotatable bonds is 6. The molecule has 0 saturated carbocycles. The molecule has 1 aromatic carbocycles. The van der Waals surface area contributed by atoms with Crippen LogP contribution in [0.25, 0.3) is 5.65 Å². The van der Waals surface area contributed by atoms with Crippen LogP contribution in [0.2, 0.25) is 0 Å². The fourth-order valence-electron chi connectivity index (χ4n) is 3.05. The van der Waals surface area contributed by atoms with Crippen molar-refractivity contribution in [3.05, 3.63) is 83.1 Å². The third-order valence-electron chi connectivity index (χ3n) is 4.42. The molecule has 0 fully saturated rings. The molecule has 0 aliphatic rings. The van der Waals surface area contributed by atoms with Gasteiger partial charge in [-0.2, -0.15) is 0 Å². The average molecular weight is 402 g/mol. The van der Waals surface area contributed by atoms with Gasteiger partial charge in [-0.15, -0.1) is 0 Å². The van der Waals surface area contributed by atoms with Gasteiger partial charge in [-0.25, -0.2) is 15.0 Å². The summed E-state index contributed by atoms with van der Waals surface area (Å²) in [6.07, 6.45) is 3.97. The first-order valence-corrected chi connectivity index (χ1v) is 9.52. The summed E-state index contributed by atoms with van der Waals surface area (Å²) >= 11 is 0. The predicted molar refractivity (Wildman–Crippen MR) is 113 cm³/mol. The third-order valence-corrected chi connectivity index (χ3v) is 4.42. The number of hydrogen-bond acceptors (Lipinski definition) is 6. The number of pyridine rings is 1. The first-order valence-electron chi connectivity index (χ1n) is 9.52. The minimum atomic E-state index is -0.292. The van der Waals surface area contributed by atoms with Gasteiger partial charge in [-0.05, 0) is 62.7 Å². The molecule has 152 valence electrons. The second-order valence-electron chi connectivity index (χ2n) is 7.07. The molecule has 0 saturated heterocycles. The Kier molecular flexibility index (Phi) is 5.30. The molecule has 0 atom stereocenters. The molecule has 2 N–H and O–H groups in total. The van der Waals surface area contributed by atoms with Gasteiger partial charge in [0, 0.05) is 29.3 Å². The highest BCUT2D eigenvalue weighted by Crippen LogP contribution is 2.15. The molecule has 8 nitrogen and oxygen atoms in total. The van der Waals surface area contributed by atoms with E-state index in [1.807, 2.05) is 55.8 Å². The van der Waals surface area contributed by atoms with E-state index in [0.717, 1.165) is 22.7 Å². The molecule has 0 radical (unpaired) electrons. The maximum Gasteiger partial charge on any atom is 0.269 e. The summed E-state index contributed by atoms with van der Waals surface area (Å²) in [6.45, 7) is 6.12. The van der Waals surface area contributed by atoms with E-state index in [4.69, 9.17) is 4.74 Å². The zero-order chi connectivity index (χ0) is 21.1. The van der Waals surface area contributed by atoms with Crippen molar-refractivity contribution in [2.45, 2.75) is 27.4 Å². The summed E-state index contributed by atoms with van der Waals surface area (Å²) in [5.74, 6) is 0.717. The molecule has 0 spiro atoms. The number of hydrazine groups is 1. The number of amides is 1. The predicted octanol–water partition coefficient (Wildman–Crippen LogP) is 3.39. The molecule has 8 heteroatoms. The summed E-state index contributed by atoms with van der Waals surface area (Å²) in [7, 11) is 0. The minimum Gasteiger partial charge on any atom is -0.487 e. The molecule has 0 unspecified atom stereocenters. The average Bonchev–Trinajstić information content (AvgIpc) is 3.12. The fraction of sp³-hybridized carbons (Fsp3) is 0.182. The van der Waals surface area contributed by atoms with Crippen molar-refractivity contribution in [3.8, 4) is 5.75 Å². The summed E-state index contributed by atoms with van der Waals surface area (Å²) in [5.41, 5.74) is 10.3. The van der Waals surface area contributed by atoms with Crippen LogP contribution in [-0.2, 0) is 6.61 Å². The second-order valence-corrected chi connectivity index (χ2v) is 7.07. The van der Waals surface area contributed by atoms with Crippen LogP contribution >= 0.6 is 0 Å². The van der Waals surface area contributed by atoms with E-state index in [1.165, 1.54) is 5.56 Å². The Hall–Kier alpha value is -3.94. The van der Waals surface area contributed by atoms with Crippen LogP contribution in [0.4, 0.5) is 5.95 Å². The van der Waals surface area contributed by atoms with E-state index < -0.39 is 0 Å². The number of aromatic nitrogens is 4. The summed E-state index contributed by atoms with van der Waals surface area (Å²) in [4.78, 5) is 25.3. The lowest BCUT2D eigenvalue weighted by Crippen LogP contribution is -2.30. The number of hydrogen-bond donors (Lipinski definition) is 2. The minimum absolute atomic E-state index is 0.292. The highest BCUT2D eigenvalue weighted by Gasteiger charge is 2.08. The third kappa shape index (κ3) is 4.54. The van der Waals surface area contributed by atoms with Crippen LogP contribution < -0.4 is 15.6 Å². The lowest BCUT2D eigenvalue weighted by atomic mass is 10.2. The van der Waals surface area contributed by atoms with Gasteiger partial charge in [0.25, 0.3) is 5.91 Å². The topological polar surface area (TPSA) is 93.4 Å². The van der Waals surface area contributed by atoms with Crippen LogP contribution in [0.5, 0.6) is 5.75 Å². The van der Waals surface area contributed by atoms with Crippen LogP contribution in [-0.4, -0.2) is 25.3 Å². The number of aryl methyl sites for hydroxylation is 3. The van der Waals surface area contributed by atoms with Crippen molar-refractivity contribution < 1.29 is 9.53 Å². The van der Waals surface area contributed by atoms with E-state index in [2.05, 4.69) is 25.8 Å². The number of benzene rings is 1. The quantitative estimate of drug-likeness (QED) is 0.480. The number of nitrogens with one attached hydrogen (secondary N) is 2. The molecule has 0 aliphatic heterocycles. The second kappa shape index (κ2) is 8.20. The molecule has 3 heterocycles. The normalized spacial score (nSPS) is 10.8. The largest absolute Gasteiger partial charge is 0.487 e. The molecule has 4 aromatic rings. The Morgan fingerprint density at radius 2 is 1.70 bits per heavy atom. The Morgan fingerprint density at radius 1 is 0.967 bits per heavy atom. The van der Waals surface area contributed by atoms with Gasteiger partial charge in [0.1, 0.15) is 18.0 Å². The first-order chi connectivity index (χ1) is 14.5. The van der Waals surface area contributed by atoms with Crippen molar-refractivity contribution in [1.82, 2.24) is 24.8 Å². The number of ether oxygens (including phenoxy) is 1. The fourth-order valence-corrected chi connectivity index (χ4v) is 3.05. The van der Waals surface area contributed by atoms with E-state index in [1.54, 1.807) is 24.3 Å². The van der Waals surface area contributed by atoms with Crippen molar-refractivity contribution >= 4 is 17.5 Å². The molecular weight excluding hydrogens is 380 g/mol. The van der Waals surface area contributed by atoms with Crippen molar-refractivity contribution in [2.75, 3.05) is 5.43 Å². The Morgan fingerprint density at radius 3 is 2.43 bits per heavy atom. The van der Waals surface area contributed by atoms with E-state index in [9.17, 15) is 4.79 Å². The molecule has 0 aliphatic carbocycles. The number of carbonyl (C=O) groups excluding carboxylic acids is 1. The maximum atomic E-state index is 12.3. The number of imidazole rings is 1. The van der Waals surface area contributed by atoms with E-state index in [0.29, 0.717) is 23.9 Å². The molecular formula is C22H22N6O2. The van der Waals surface area contributed by atoms with Crippen molar-refractivity contribution in [2.24, 2.45) is 0 Å². The molecule has 3 aromatic heterocycles. The van der Waals surface area contributed by atoms with Crippen LogP contribution in [0.1, 0.15) is 33.0 Å². The van der Waals surface area contributed by atoms with Gasteiger partial charge in [0.2, 0.25) is 5.95 Å². The summed E-state index contributed by atoms with van der Waals surface area (Å²) in [5, 5.41) is 0. The van der Waals surface area contributed by atoms with Crippen LogP contribution in [0.15, 0.2) is 54.9 Å². The molecule has 4 rings (SSSR count). The Balaban J connectivity index is 1.34. The standard InChI is InChI=1S/C22H22N6O2/c1-14-4-9-20-25-18(12-28(20)11-14)13-30-19-7-5-17(6-8-19)21(29)26-27-22-23-15(2)10-16(3)24-22/h4-12H,13H2,1-3H3,(H,26,29)(H,23,24,27). The maximum absolute atomic E-state index is 12.3. The molecule has 30 heavy (non-hydrogen) atoms. The van der Waals surface area contributed by atoms with Gasteiger partial charge in [-0.3, -0.25) is 15.6 Å². The SMILES string of the molecule is Cc1ccc2nc(COc3ccc(C(=O)NNc4nc(C)cc(C)n4)cc3)cn2c1. The summed E-state index contributed by atoms with van der Waals surface area (Å²) < 4.78 is 7.78. The van der Waals surface area contributed by atoms with E-state index in [-0.39, 0.29) is 5.91 Å². The zero-order valence-corrected chi connectivity index (χ0v) is 17.0. The van der Waals surface area contributed by atoms with Gasteiger partial charge >= 0.3 is 0 Å². The number of anilines is 1. The Bertz CT molecular complexity index is 1180. The van der Waals surface area contributed by atoms with Crippen LogP contribution in [0, 0.1) is 20.8 Å². The van der Waals surface area contributed by atoms with Crippen molar-refractivity contribution in [1.29, 1.82) is 0 Å². The summed E-state index contributed by atoms with van der Waals surface area (Å²) in [6, 6.07) is 12.8. The highest BCUT2D eigenvalue weighted by molar-refractivity contribution is 5.94. The van der Waals surface area contributed by atoms with Crippen molar-refractivity contribution in [3.63, 3.8) is 0 Å². The highest BCUT2D eigenvalue weighted by atomic mass is 16.5. The van der Waals surface area contributed by atoms with E-state index >= 15 is 0 Å². The number of nitrogens with zero attached hydrogens (tertiary/aromatic N) is 4. The van der Waals surface area contributed by atoms with Crippen LogP contribution in [0.3, 0.4) is 0 Å². The molecule has 1 amide bonds. The number of carbonyl (C=O) groups is 1. The van der Waals surface area contributed by atoms with Gasteiger partial charge in [0.15, 0.2) is 0 Å². The zero-order valence-electron chi connectivity index (χ0n) is 17.0. The van der Waals surface area contributed by atoms with Gasteiger partial charge in [0.05, 0.1) is 5.69 Å². The lowest BCUT2D eigenvalue weighted by Gasteiger charge is -2.09. The first kappa shape index (κ1) is 19.4. The lowest BCUT2D eigenvalue weighted by molar-refractivity contribution is 0.0962. The smallest absolute Gasteiger partial charge is 0.269 e.